The van der Waals surface area contributed by atoms with E-state index in [9.17, 15) is 13.2 Å². The molecule has 1 amide bonds. The lowest BCUT2D eigenvalue weighted by atomic mass is 10.0. The van der Waals surface area contributed by atoms with Crippen molar-refractivity contribution in [2.45, 2.75) is 18.4 Å². The van der Waals surface area contributed by atoms with E-state index in [4.69, 9.17) is 9.84 Å². The van der Waals surface area contributed by atoms with Gasteiger partial charge in [0.25, 0.3) is 0 Å². The summed E-state index contributed by atoms with van der Waals surface area (Å²) in [6, 6.07) is 0. The maximum Gasteiger partial charge on any atom is 0.410 e. The molecule has 6 nitrogen and oxygen atoms in total. The van der Waals surface area contributed by atoms with E-state index in [1.54, 1.807) is 0 Å². The van der Waals surface area contributed by atoms with E-state index in [0.29, 0.717) is 25.9 Å². The number of hydrogen-bond acceptors (Lipinski definition) is 5. The van der Waals surface area contributed by atoms with Gasteiger partial charge in [-0.25, -0.2) is 13.2 Å². The maximum absolute atomic E-state index is 11.5. The van der Waals surface area contributed by atoms with E-state index in [0.717, 1.165) is 0 Å². The van der Waals surface area contributed by atoms with Crippen molar-refractivity contribution in [3.8, 4) is 0 Å². The summed E-state index contributed by atoms with van der Waals surface area (Å²) >= 11 is 0. The van der Waals surface area contributed by atoms with E-state index in [1.165, 1.54) is 4.90 Å². The van der Waals surface area contributed by atoms with Crippen molar-refractivity contribution >= 4 is 15.9 Å². The zero-order valence-electron chi connectivity index (χ0n) is 8.89. The standard InChI is InChI=1S/C9H15NO5S/c11-4-1-3-10-6-9(15-8(10)12)2-5-16(13,14)7-9/h11H,1-7H2. The highest BCUT2D eigenvalue weighted by atomic mass is 32.2. The van der Waals surface area contributed by atoms with Crippen LogP contribution in [0.5, 0.6) is 0 Å². The first-order chi connectivity index (χ1) is 7.46. The van der Waals surface area contributed by atoms with Gasteiger partial charge in [-0.1, -0.05) is 0 Å². The van der Waals surface area contributed by atoms with Crippen molar-refractivity contribution in [1.82, 2.24) is 4.90 Å². The SMILES string of the molecule is O=C1OC2(CCS(=O)(=O)C2)CN1CCCO. The Labute approximate surface area is 94.1 Å². The van der Waals surface area contributed by atoms with Crippen molar-refractivity contribution < 1.29 is 23.1 Å². The second-order valence-electron chi connectivity index (χ2n) is 4.39. The minimum Gasteiger partial charge on any atom is -0.440 e. The summed E-state index contributed by atoms with van der Waals surface area (Å²) in [6.07, 6.45) is 0.403. The number of carbonyl (C=O) groups excluding carboxylic acids is 1. The van der Waals surface area contributed by atoms with Crippen LogP contribution in [0.25, 0.3) is 0 Å². The second kappa shape index (κ2) is 3.89. The number of hydrogen-bond donors (Lipinski definition) is 1. The van der Waals surface area contributed by atoms with Crippen LogP contribution in [0.15, 0.2) is 0 Å². The average molecular weight is 249 g/mol. The van der Waals surface area contributed by atoms with E-state index >= 15 is 0 Å². The normalized spacial score (nSPS) is 32.3. The predicted molar refractivity (Wildman–Crippen MR) is 55.8 cm³/mol. The molecule has 92 valence electrons. The molecular formula is C9H15NO5S. The van der Waals surface area contributed by atoms with Crippen LogP contribution in [-0.2, 0) is 14.6 Å². The molecule has 1 spiro atoms. The molecule has 2 aliphatic rings. The molecule has 7 heteroatoms. The fourth-order valence-corrected chi connectivity index (χ4v) is 4.14. The van der Waals surface area contributed by atoms with Gasteiger partial charge in [0.2, 0.25) is 0 Å². The molecule has 0 bridgehead atoms. The Morgan fingerprint density at radius 2 is 2.25 bits per heavy atom. The van der Waals surface area contributed by atoms with Gasteiger partial charge in [-0.15, -0.1) is 0 Å². The van der Waals surface area contributed by atoms with Crippen molar-refractivity contribution in [3.63, 3.8) is 0 Å². The first-order valence-corrected chi connectivity index (χ1v) is 7.08. The number of rotatable bonds is 3. The number of aliphatic hydroxyl groups excluding tert-OH is 1. The van der Waals surface area contributed by atoms with Crippen molar-refractivity contribution in [2.24, 2.45) is 0 Å². The third-order valence-corrected chi connectivity index (χ3v) is 4.77. The predicted octanol–water partition coefficient (Wildman–Crippen LogP) is -0.622. The van der Waals surface area contributed by atoms with Crippen LogP contribution in [0.4, 0.5) is 4.79 Å². The minimum absolute atomic E-state index is 0.00901. The highest BCUT2D eigenvalue weighted by molar-refractivity contribution is 7.91. The number of carbonyl (C=O) groups is 1. The van der Waals surface area contributed by atoms with Gasteiger partial charge in [0, 0.05) is 19.6 Å². The lowest BCUT2D eigenvalue weighted by Crippen LogP contribution is -2.36. The Morgan fingerprint density at radius 1 is 1.50 bits per heavy atom. The molecular weight excluding hydrogens is 234 g/mol. The Hall–Kier alpha value is -0.820. The van der Waals surface area contributed by atoms with Gasteiger partial charge in [-0.2, -0.15) is 0 Å². The summed E-state index contributed by atoms with van der Waals surface area (Å²) in [7, 11) is -3.06. The van der Waals surface area contributed by atoms with Crippen LogP contribution in [-0.4, -0.2) is 61.3 Å². The van der Waals surface area contributed by atoms with Crippen LogP contribution in [0.3, 0.4) is 0 Å². The molecule has 0 aromatic rings. The molecule has 2 fully saturated rings. The molecule has 0 aliphatic carbocycles. The number of aliphatic hydroxyl groups is 1. The van der Waals surface area contributed by atoms with Gasteiger partial charge < -0.3 is 14.7 Å². The monoisotopic (exact) mass is 249 g/mol. The third kappa shape index (κ3) is 2.15. The largest absolute Gasteiger partial charge is 0.440 e. The topological polar surface area (TPSA) is 83.9 Å². The van der Waals surface area contributed by atoms with E-state index < -0.39 is 21.5 Å². The van der Waals surface area contributed by atoms with Crippen molar-refractivity contribution in [2.75, 3.05) is 31.2 Å². The molecule has 1 N–H and O–H groups in total. The number of sulfone groups is 1. The second-order valence-corrected chi connectivity index (χ2v) is 6.58. The van der Waals surface area contributed by atoms with E-state index in [-0.39, 0.29) is 18.1 Å². The summed E-state index contributed by atoms with van der Waals surface area (Å²) < 4.78 is 27.9. The number of nitrogens with zero attached hydrogens (tertiary/aromatic N) is 1. The summed E-state index contributed by atoms with van der Waals surface area (Å²) in [5.74, 6) is 0.0233. The molecule has 2 saturated heterocycles. The molecule has 2 rings (SSSR count). The van der Waals surface area contributed by atoms with Gasteiger partial charge >= 0.3 is 6.09 Å². The Bertz CT molecular complexity index is 393. The van der Waals surface area contributed by atoms with Gasteiger partial charge in [0.05, 0.1) is 18.1 Å². The smallest absolute Gasteiger partial charge is 0.410 e. The molecule has 0 aromatic carbocycles. The van der Waals surface area contributed by atoms with Crippen LogP contribution < -0.4 is 0 Å². The third-order valence-electron chi connectivity index (χ3n) is 2.98. The average Bonchev–Trinajstić information content (AvgIpc) is 2.64. The quantitative estimate of drug-likeness (QED) is 0.720. The zero-order chi connectivity index (χ0) is 11.8. The number of amides is 1. The lowest BCUT2D eigenvalue weighted by molar-refractivity contribution is 0.0772. The van der Waals surface area contributed by atoms with E-state index in [1.807, 2.05) is 0 Å². The molecule has 16 heavy (non-hydrogen) atoms. The Morgan fingerprint density at radius 3 is 2.81 bits per heavy atom. The van der Waals surface area contributed by atoms with Crippen molar-refractivity contribution in [3.05, 3.63) is 0 Å². The highest BCUT2D eigenvalue weighted by Gasteiger charge is 2.52. The molecule has 2 heterocycles. The molecule has 0 aromatic heterocycles. The minimum atomic E-state index is -3.06. The molecule has 1 atom stereocenters. The summed E-state index contributed by atoms with van der Waals surface area (Å²) in [4.78, 5) is 12.9. The lowest BCUT2D eigenvalue weighted by Gasteiger charge is -2.18. The first kappa shape index (κ1) is 11.7. The van der Waals surface area contributed by atoms with Crippen molar-refractivity contribution in [1.29, 1.82) is 0 Å². The van der Waals surface area contributed by atoms with Gasteiger partial charge in [-0.05, 0) is 6.42 Å². The van der Waals surface area contributed by atoms with Crippen LogP contribution in [0.1, 0.15) is 12.8 Å². The zero-order valence-corrected chi connectivity index (χ0v) is 9.70. The summed E-state index contributed by atoms with van der Waals surface area (Å²) in [5.41, 5.74) is -0.828. The Kier molecular flexibility index (Phi) is 2.83. The molecule has 0 saturated carbocycles. The number of ether oxygens (including phenoxy) is 1. The highest BCUT2D eigenvalue weighted by Crippen LogP contribution is 2.33. The Balaban J connectivity index is 2.04. The summed E-state index contributed by atoms with van der Waals surface area (Å²) in [5, 5.41) is 8.68. The molecule has 2 aliphatic heterocycles. The van der Waals surface area contributed by atoms with Gasteiger partial charge in [0.15, 0.2) is 9.84 Å². The van der Waals surface area contributed by atoms with Crippen LogP contribution in [0, 0.1) is 0 Å². The summed E-state index contributed by atoms with van der Waals surface area (Å²) in [6.45, 7) is 0.747. The molecule has 1 unspecified atom stereocenters. The van der Waals surface area contributed by atoms with Gasteiger partial charge in [0.1, 0.15) is 5.60 Å². The fraction of sp³-hybridized carbons (Fsp3) is 0.889. The fourth-order valence-electron chi connectivity index (χ4n) is 2.22. The molecule has 0 radical (unpaired) electrons. The van der Waals surface area contributed by atoms with Crippen LogP contribution in [0.2, 0.25) is 0 Å². The van der Waals surface area contributed by atoms with E-state index in [2.05, 4.69) is 0 Å². The van der Waals surface area contributed by atoms with Crippen LogP contribution >= 0.6 is 0 Å². The maximum atomic E-state index is 11.5. The van der Waals surface area contributed by atoms with Gasteiger partial charge in [-0.3, -0.25) is 0 Å². The first-order valence-electron chi connectivity index (χ1n) is 5.26.